The smallest absolute Gasteiger partial charge is 0.305 e. The maximum atomic E-state index is 12.9. The van der Waals surface area contributed by atoms with Crippen LogP contribution in [0.5, 0.6) is 0 Å². The summed E-state index contributed by atoms with van der Waals surface area (Å²) in [7, 11) is 0. The molecule has 1 atom stereocenters. The highest BCUT2D eigenvalue weighted by Gasteiger charge is 2.16. The number of amides is 2. The number of carbonyl (C=O) groups excluding carboxylic acids is 3. The van der Waals surface area contributed by atoms with E-state index in [2.05, 4.69) is 16.0 Å². The number of carbonyl (C=O) groups is 3. The number of anilines is 1. The van der Waals surface area contributed by atoms with Gasteiger partial charge in [0, 0.05) is 12.8 Å². The van der Waals surface area contributed by atoms with Gasteiger partial charge in [0.2, 0.25) is 5.91 Å². The van der Waals surface area contributed by atoms with Crippen molar-refractivity contribution in [1.82, 2.24) is 10.6 Å². The average molecular weight is 532 g/mol. The lowest BCUT2D eigenvalue weighted by Gasteiger charge is -2.17. The Labute approximate surface area is 229 Å². The van der Waals surface area contributed by atoms with Gasteiger partial charge in [-0.15, -0.1) is 0 Å². The number of thiocarbonyl (C=S) groups is 1. The summed E-state index contributed by atoms with van der Waals surface area (Å²) in [5.41, 5.74) is 3.08. The second-order valence-corrected chi connectivity index (χ2v) is 9.23. The fourth-order valence-electron chi connectivity index (χ4n) is 3.80. The van der Waals surface area contributed by atoms with E-state index in [1.807, 2.05) is 67.6 Å². The van der Waals surface area contributed by atoms with Crippen LogP contribution >= 0.6 is 12.2 Å². The minimum atomic E-state index is -0.323. The molecular weight excluding hydrogens is 498 g/mol. The van der Waals surface area contributed by atoms with Crippen LogP contribution in [-0.4, -0.2) is 29.5 Å². The van der Waals surface area contributed by atoms with Crippen molar-refractivity contribution in [2.75, 3.05) is 11.9 Å². The van der Waals surface area contributed by atoms with Gasteiger partial charge in [-0.3, -0.25) is 14.4 Å². The van der Waals surface area contributed by atoms with E-state index in [-0.39, 0.29) is 41.8 Å². The third-order valence-corrected chi connectivity index (χ3v) is 6.02. The molecule has 0 saturated carbocycles. The van der Waals surface area contributed by atoms with Crippen LogP contribution in [0.4, 0.5) is 5.69 Å². The van der Waals surface area contributed by atoms with E-state index in [4.69, 9.17) is 17.0 Å². The first kappa shape index (κ1) is 28.5. The SMILES string of the molecule is CC(NC(=O)c1ccccc1NC(=S)NC(=O)CCCC(=O)OCCCc1ccccc1)c1ccccc1. The molecule has 0 aliphatic carbocycles. The first-order valence-corrected chi connectivity index (χ1v) is 13.1. The summed E-state index contributed by atoms with van der Waals surface area (Å²) in [4.78, 5) is 37.1. The Morgan fingerprint density at radius 2 is 1.50 bits per heavy atom. The summed E-state index contributed by atoms with van der Waals surface area (Å²) in [6.45, 7) is 2.26. The topological polar surface area (TPSA) is 96.5 Å². The highest BCUT2D eigenvalue weighted by atomic mass is 32.1. The molecule has 7 nitrogen and oxygen atoms in total. The van der Waals surface area contributed by atoms with Gasteiger partial charge in [-0.25, -0.2) is 0 Å². The molecule has 0 spiro atoms. The molecule has 0 aliphatic rings. The van der Waals surface area contributed by atoms with Crippen molar-refractivity contribution in [2.24, 2.45) is 0 Å². The van der Waals surface area contributed by atoms with Gasteiger partial charge in [0.05, 0.1) is 23.9 Å². The van der Waals surface area contributed by atoms with Crippen LogP contribution in [0.15, 0.2) is 84.9 Å². The molecule has 1 unspecified atom stereocenters. The fourth-order valence-corrected chi connectivity index (χ4v) is 4.03. The fraction of sp³-hybridized carbons (Fsp3) is 0.267. The molecule has 2 amide bonds. The van der Waals surface area contributed by atoms with Crippen LogP contribution < -0.4 is 16.0 Å². The lowest BCUT2D eigenvalue weighted by atomic mass is 10.1. The summed E-state index contributed by atoms with van der Waals surface area (Å²) in [6, 6.07) is 26.4. The zero-order chi connectivity index (χ0) is 27.2. The Kier molecular flexibility index (Phi) is 11.5. The van der Waals surface area contributed by atoms with E-state index in [0.29, 0.717) is 24.3 Å². The lowest BCUT2D eigenvalue weighted by Crippen LogP contribution is -2.35. The van der Waals surface area contributed by atoms with Crippen molar-refractivity contribution in [3.8, 4) is 0 Å². The molecule has 3 aromatic rings. The van der Waals surface area contributed by atoms with Crippen molar-refractivity contribution in [3.63, 3.8) is 0 Å². The zero-order valence-corrected chi connectivity index (χ0v) is 22.3. The second kappa shape index (κ2) is 15.3. The molecule has 0 saturated heterocycles. The van der Waals surface area contributed by atoms with Gasteiger partial charge in [0.15, 0.2) is 5.11 Å². The monoisotopic (exact) mass is 531 g/mol. The predicted octanol–water partition coefficient (Wildman–Crippen LogP) is 5.34. The summed E-state index contributed by atoms with van der Waals surface area (Å²) in [5.74, 6) is -0.906. The van der Waals surface area contributed by atoms with Crippen LogP contribution in [-0.2, 0) is 20.7 Å². The van der Waals surface area contributed by atoms with Gasteiger partial charge in [-0.2, -0.15) is 0 Å². The maximum Gasteiger partial charge on any atom is 0.305 e. The Bertz CT molecular complexity index is 1220. The molecule has 0 radical (unpaired) electrons. The first-order chi connectivity index (χ1) is 18.4. The van der Waals surface area contributed by atoms with E-state index < -0.39 is 0 Å². The third-order valence-electron chi connectivity index (χ3n) is 5.82. The zero-order valence-electron chi connectivity index (χ0n) is 21.4. The number of nitrogens with one attached hydrogen (secondary N) is 3. The molecule has 38 heavy (non-hydrogen) atoms. The molecular formula is C30H33N3O4S. The van der Waals surface area contributed by atoms with Crippen molar-refractivity contribution in [1.29, 1.82) is 0 Å². The van der Waals surface area contributed by atoms with Crippen molar-refractivity contribution < 1.29 is 19.1 Å². The number of benzene rings is 3. The molecule has 3 N–H and O–H groups in total. The van der Waals surface area contributed by atoms with Gasteiger partial charge in [0.25, 0.3) is 5.91 Å². The van der Waals surface area contributed by atoms with E-state index in [9.17, 15) is 14.4 Å². The molecule has 0 aromatic heterocycles. The van der Waals surface area contributed by atoms with Gasteiger partial charge < -0.3 is 20.7 Å². The first-order valence-electron chi connectivity index (χ1n) is 12.7. The lowest BCUT2D eigenvalue weighted by molar-refractivity contribution is -0.143. The van der Waals surface area contributed by atoms with E-state index in [1.54, 1.807) is 24.3 Å². The molecule has 3 aromatic carbocycles. The quantitative estimate of drug-likeness (QED) is 0.166. The van der Waals surface area contributed by atoms with Crippen LogP contribution in [0.3, 0.4) is 0 Å². The van der Waals surface area contributed by atoms with Crippen LogP contribution in [0.2, 0.25) is 0 Å². The number of rotatable bonds is 12. The molecule has 3 rings (SSSR count). The largest absolute Gasteiger partial charge is 0.466 e. The van der Waals surface area contributed by atoms with Gasteiger partial charge in [-0.1, -0.05) is 72.8 Å². The Morgan fingerprint density at radius 3 is 2.24 bits per heavy atom. The molecule has 0 fully saturated rings. The van der Waals surface area contributed by atoms with Crippen molar-refractivity contribution >= 4 is 40.8 Å². The summed E-state index contributed by atoms with van der Waals surface area (Å²) < 4.78 is 5.25. The number of esters is 1. The van der Waals surface area contributed by atoms with E-state index in [1.165, 1.54) is 5.56 Å². The van der Waals surface area contributed by atoms with Crippen molar-refractivity contribution in [2.45, 2.75) is 45.1 Å². The summed E-state index contributed by atoms with van der Waals surface area (Å²) in [6.07, 6.45) is 2.22. The number of aryl methyl sites for hydroxylation is 1. The normalized spacial score (nSPS) is 11.2. The molecule has 0 bridgehead atoms. The molecule has 8 heteroatoms. The van der Waals surface area contributed by atoms with Gasteiger partial charge >= 0.3 is 5.97 Å². The van der Waals surface area contributed by atoms with Crippen molar-refractivity contribution in [3.05, 3.63) is 102 Å². The molecule has 0 aliphatic heterocycles. The van der Waals surface area contributed by atoms with Gasteiger partial charge in [0.1, 0.15) is 0 Å². The summed E-state index contributed by atoms with van der Waals surface area (Å²) >= 11 is 5.27. The Balaban J connectivity index is 1.37. The Hall–Kier alpha value is -4.04. The Morgan fingerprint density at radius 1 is 0.842 bits per heavy atom. The molecule has 198 valence electrons. The minimum absolute atomic E-state index is 0.0786. The highest BCUT2D eigenvalue weighted by molar-refractivity contribution is 7.80. The van der Waals surface area contributed by atoms with E-state index >= 15 is 0 Å². The summed E-state index contributed by atoms with van der Waals surface area (Å²) in [5, 5.41) is 8.59. The highest BCUT2D eigenvalue weighted by Crippen LogP contribution is 2.18. The van der Waals surface area contributed by atoms with Gasteiger partial charge in [-0.05, 0) is 61.7 Å². The van der Waals surface area contributed by atoms with Crippen LogP contribution in [0, 0.1) is 0 Å². The average Bonchev–Trinajstić information content (AvgIpc) is 2.92. The standard InChI is InChI=1S/C30H33N3O4S/c1-22(24-15-6-3-7-16-24)31-29(36)25-17-8-9-18-26(25)32-30(38)33-27(34)19-10-20-28(35)37-21-11-14-23-12-4-2-5-13-23/h2-9,12-13,15-18,22H,10-11,14,19-21H2,1H3,(H,31,36)(H2,32,33,34,38). The molecule has 0 heterocycles. The predicted molar refractivity (Wildman–Crippen MR) is 153 cm³/mol. The minimum Gasteiger partial charge on any atom is -0.466 e. The van der Waals surface area contributed by atoms with Crippen LogP contribution in [0.25, 0.3) is 0 Å². The number of ether oxygens (including phenoxy) is 1. The number of hydrogen-bond donors (Lipinski definition) is 3. The number of para-hydroxylation sites is 1. The van der Waals surface area contributed by atoms with Crippen LogP contribution in [0.1, 0.15) is 60.1 Å². The second-order valence-electron chi connectivity index (χ2n) is 8.82. The maximum absolute atomic E-state index is 12.9. The van der Waals surface area contributed by atoms with E-state index in [0.717, 1.165) is 18.4 Å². The number of hydrogen-bond acceptors (Lipinski definition) is 5. The third kappa shape index (κ3) is 9.78.